The van der Waals surface area contributed by atoms with Crippen molar-refractivity contribution in [1.29, 1.82) is 0 Å². The first-order valence-corrected chi connectivity index (χ1v) is 7.35. The van der Waals surface area contributed by atoms with E-state index in [9.17, 15) is 4.79 Å². The Hall–Kier alpha value is -1.04. The molecule has 0 spiro atoms. The molecule has 1 atom stereocenters. The summed E-state index contributed by atoms with van der Waals surface area (Å²) in [4.78, 5) is 11.8. The highest BCUT2D eigenvalue weighted by Crippen LogP contribution is 2.23. The molecule has 0 bridgehead atoms. The number of fused-ring (bicyclic) bond motifs is 1. The van der Waals surface area contributed by atoms with E-state index in [0.29, 0.717) is 19.6 Å². The van der Waals surface area contributed by atoms with Crippen LogP contribution in [0.1, 0.15) is 17.5 Å². The third-order valence-corrected chi connectivity index (χ3v) is 3.60. The lowest BCUT2D eigenvalue weighted by atomic mass is 10.1. The summed E-state index contributed by atoms with van der Waals surface area (Å²) in [5.74, 6) is 0.773. The Balaban J connectivity index is 1.94. The largest absolute Gasteiger partial charge is 0.372 e. The number of carbonyl (C=O) groups is 1. The zero-order valence-corrected chi connectivity index (χ0v) is 11.3. The number of thioether (sulfide) groups is 1. The van der Waals surface area contributed by atoms with Crippen LogP contribution in [0.25, 0.3) is 0 Å². The van der Waals surface area contributed by atoms with Crippen LogP contribution in [-0.4, -0.2) is 24.0 Å². The van der Waals surface area contributed by atoms with Crippen LogP contribution in [0.5, 0.6) is 0 Å². The van der Waals surface area contributed by atoms with Crippen molar-refractivity contribution in [3.05, 3.63) is 29.3 Å². The maximum Gasteiger partial charge on any atom is 0.241 e. The Bertz CT molecular complexity index is 437. The van der Waals surface area contributed by atoms with E-state index in [1.165, 1.54) is 5.56 Å². The second-order valence-electron chi connectivity index (χ2n) is 4.35. The molecule has 0 saturated heterocycles. The van der Waals surface area contributed by atoms with Gasteiger partial charge in [0.05, 0.1) is 19.3 Å². The van der Waals surface area contributed by atoms with Crippen LogP contribution in [0.15, 0.2) is 18.2 Å². The summed E-state index contributed by atoms with van der Waals surface area (Å²) in [5.41, 5.74) is 8.95. The van der Waals surface area contributed by atoms with Crippen molar-refractivity contribution in [3.8, 4) is 0 Å². The van der Waals surface area contributed by atoms with Crippen molar-refractivity contribution >= 4 is 23.4 Å². The van der Waals surface area contributed by atoms with Crippen molar-refractivity contribution < 1.29 is 9.53 Å². The highest BCUT2D eigenvalue weighted by atomic mass is 32.2. The summed E-state index contributed by atoms with van der Waals surface area (Å²) in [7, 11) is 0. The summed E-state index contributed by atoms with van der Waals surface area (Å²) in [5, 5.41) is 2.85. The number of ether oxygens (including phenoxy) is 1. The van der Waals surface area contributed by atoms with Crippen LogP contribution in [0.2, 0.25) is 0 Å². The van der Waals surface area contributed by atoms with Gasteiger partial charge < -0.3 is 15.8 Å². The molecule has 3 N–H and O–H groups in total. The highest BCUT2D eigenvalue weighted by Gasteiger charge is 2.15. The topological polar surface area (TPSA) is 64.4 Å². The first kappa shape index (κ1) is 13.4. The van der Waals surface area contributed by atoms with E-state index in [1.807, 2.05) is 24.5 Å². The molecule has 5 heteroatoms. The molecular weight excluding hydrogens is 248 g/mol. The highest BCUT2D eigenvalue weighted by molar-refractivity contribution is 7.98. The molecule has 0 aromatic heterocycles. The Labute approximate surface area is 111 Å². The molecule has 2 rings (SSSR count). The average molecular weight is 266 g/mol. The quantitative estimate of drug-likeness (QED) is 0.852. The van der Waals surface area contributed by atoms with Gasteiger partial charge in [-0.15, -0.1) is 0 Å². The van der Waals surface area contributed by atoms with Gasteiger partial charge in [-0.05, 0) is 41.7 Å². The molecule has 1 aromatic rings. The first-order valence-electron chi connectivity index (χ1n) is 5.95. The molecule has 1 aromatic carbocycles. The summed E-state index contributed by atoms with van der Waals surface area (Å²) < 4.78 is 5.34. The van der Waals surface area contributed by atoms with Crippen LogP contribution in [0, 0.1) is 0 Å². The van der Waals surface area contributed by atoms with Gasteiger partial charge in [0.1, 0.15) is 0 Å². The van der Waals surface area contributed by atoms with Gasteiger partial charge in [-0.3, -0.25) is 4.79 Å². The molecule has 1 heterocycles. The number of rotatable bonds is 5. The van der Waals surface area contributed by atoms with E-state index < -0.39 is 6.04 Å². The van der Waals surface area contributed by atoms with E-state index in [1.54, 1.807) is 11.8 Å². The molecule has 0 aliphatic carbocycles. The van der Waals surface area contributed by atoms with Gasteiger partial charge in [-0.25, -0.2) is 0 Å². The second-order valence-corrected chi connectivity index (χ2v) is 5.34. The molecule has 0 radical (unpaired) electrons. The summed E-state index contributed by atoms with van der Waals surface area (Å²) in [6.07, 6.45) is 2.70. The summed E-state index contributed by atoms with van der Waals surface area (Å²) >= 11 is 1.69. The first-order chi connectivity index (χ1) is 8.70. The van der Waals surface area contributed by atoms with Crippen LogP contribution in [0.3, 0.4) is 0 Å². The van der Waals surface area contributed by atoms with Crippen LogP contribution < -0.4 is 11.1 Å². The van der Waals surface area contributed by atoms with Gasteiger partial charge in [0.15, 0.2) is 0 Å². The van der Waals surface area contributed by atoms with Crippen molar-refractivity contribution in [2.75, 3.05) is 17.3 Å². The molecule has 18 heavy (non-hydrogen) atoms. The van der Waals surface area contributed by atoms with E-state index in [-0.39, 0.29) is 5.91 Å². The monoisotopic (exact) mass is 266 g/mol. The summed E-state index contributed by atoms with van der Waals surface area (Å²) in [6, 6.07) is 5.40. The van der Waals surface area contributed by atoms with Gasteiger partial charge in [0.25, 0.3) is 0 Å². The van der Waals surface area contributed by atoms with E-state index in [4.69, 9.17) is 10.5 Å². The van der Waals surface area contributed by atoms with Gasteiger partial charge in [-0.2, -0.15) is 11.8 Å². The number of anilines is 1. The van der Waals surface area contributed by atoms with Crippen LogP contribution in [-0.2, 0) is 22.7 Å². The molecule has 0 unspecified atom stereocenters. The number of amides is 1. The maximum absolute atomic E-state index is 11.8. The second kappa shape index (κ2) is 6.22. The lowest BCUT2D eigenvalue weighted by Crippen LogP contribution is -2.36. The fourth-order valence-electron chi connectivity index (χ4n) is 1.86. The molecule has 0 fully saturated rings. The number of nitrogens with one attached hydrogen (secondary N) is 1. The van der Waals surface area contributed by atoms with Gasteiger partial charge in [-0.1, -0.05) is 6.07 Å². The third-order valence-electron chi connectivity index (χ3n) is 2.96. The van der Waals surface area contributed by atoms with E-state index >= 15 is 0 Å². The molecule has 98 valence electrons. The van der Waals surface area contributed by atoms with Gasteiger partial charge in [0, 0.05) is 5.69 Å². The van der Waals surface area contributed by atoms with Gasteiger partial charge >= 0.3 is 0 Å². The molecule has 0 saturated carbocycles. The number of nitrogens with two attached hydrogens (primary N) is 1. The smallest absolute Gasteiger partial charge is 0.241 e. The Morgan fingerprint density at radius 1 is 1.50 bits per heavy atom. The van der Waals surface area contributed by atoms with Crippen molar-refractivity contribution in [2.45, 2.75) is 25.7 Å². The predicted octanol–water partition coefficient (Wildman–Crippen LogP) is 1.74. The number of hydrogen-bond donors (Lipinski definition) is 2. The Morgan fingerprint density at radius 3 is 3.06 bits per heavy atom. The van der Waals surface area contributed by atoms with E-state index in [0.717, 1.165) is 17.0 Å². The zero-order valence-electron chi connectivity index (χ0n) is 10.4. The fourth-order valence-corrected chi connectivity index (χ4v) is 2.35. The third kappa shape index (κ3) is 3.25. The maximum atomic E-state index is 11.8. The van der Waals surface area contributed by atoms with Crippen molar-refractivity contribution in [3.63, 3.8) is 0 Å². The number of benzene rings is 1. The molecule has 1 aliphatic heterocycles. The summed E-state index contributed by atoms with van der Waals surface area (Å²) in [6.45, 7) is 1.29. The lowest BCUT2D eigenvalue weighted by molar-refractivity contribution is -0.117. The van der Waals surface area contributed by atoms with Crippen molar-refractivity contribution in [2.24, 2.45) is 5.73 Å². The lowest BCUT2D eigenvalue weighted by Gasteiger charge is -2.12. The minimum absolute atomic E-state index is 0.122. The minimum Gasteiger partial charge on any atom is -0.372 e. The number of carbonyl (C=O) groups excluding carboxylic acids is 1. The Morgan fingerprint density at radius 2 is 2.28 bits per heavy atom. The van der Waals surface area contributed by atoms with Crippen molar-refractivity contribution in [1.82, 2.24) is 0 Å². The molecular formula is C13H18N2O2S. The molecule has 4 nitrogen and oxygen atoms in total. The fraction of sp³-hybridized carbons (Fsp3) is 0.462. The van der Waals surface area contributed by atoms with Crippen LogP contribution in [0.4, 0.5) is 5.69 Å². The minimum atomic E-state index is -0.443. The average Bonchev–Trinajstić information content (AvgIpc) is 2.83. The molecule has 1 amide bonds. The zero-order chi connectivity index (χ0) is 13.0. The van der Waals surface area contributed by atoms with Gasteiger partial charge in [0.2, 0.25) is 5.91 Å². The normalized spacial score (nSPS) is 15.2. The Kier molecular flexibility index (Phi) is 4.63. The van der Waals surface area contributed by atoms with Crippen LogP contribution >= 0.6 is 11.8 Å². The molecule has 1 aliphatic rings. The number of hydrogen-bond acceptors (Lipinski definition) is 4. The predicted molar refractivity (Wildman–Crippen MR) is 74.5 cm³/mol. The van der Waals surface area contributed by atoms with E-state index in [2.05, 4.69) is 5.32 Å². The standard InChI is InChI=1S/C13H18N2O2S/c1-18-5-4-12(14)13(16)15-11-3-2-9-7-17-8-10(9)6-11/h2-3,6,12H,4-5,7-8,14H2,1H3,(H,15,16)/t12-/m1/s1. The SMILES string of the molecule is CSCC[C@@H](N)C(=O)Nc1ccc2c(c1)COC2.